The third-order valence-corrected chi connectivity index (χ3v) is 7.38. The standard InChI is InChI=1S/C22H34F2N7O9P/c1-11(2)38-16(32)14(6)27-41(36,28-15(7)17(33)39-12(3)4)37-10-21(29-30-25)18(34)22(23,24)19(40-21)31-9-8-13(5)26-20(31)35/h8-9,11-12,14-15,18-19,34H,5,10H2,1-4,6-7H3,(H,26,35)(H2,27,28,36)/t14?,15?,18-,19-,21-,41?/m1/s1. The highest BCUT2D eigenvalue weighted by atomic mass is 31.2. The molecule has 2 unspecified atom stereocenters. The summed E-state index contributed by atoms with van der Waals surface area (Å²) in [6.45, 7) is 10.9. The van der Waals surface area contributed by atoms with Crippen LogP contribution in [0.2, 0.25) is 0 Å². The van der Waals surface area contributed by atoms with Crippen molar-refractivity contribution in [2.75, 3.05) is 6.61 Å². The first kappa shape index (κ1) is 34.1. The lowest BCUT2D eigenvalue weighted by Crippen LogP contribution is -2.53. The van der Waals surface area contributed by atoms with E-state index in [-0.39, 0.29) is 5.70 Å². The van der Waals surface area contributed by atoms with Gasteiger partial charge in [-0.3, -0.25) is 19.1 Å². The van der Waals surface area contributed by atoms with Gasteiger partial charge in [0.15, 0.2) is 6.10 Å². The van der Waals surface area contributed by atoms with Crippen LogP contribution in [0.25, 0.3) is 10.4 Å². The quantitative estimate of drug-likeness (QED) is 0.0782. The van der Waals surface area contributed by atoms with E-state index in [2.05, 4.69) is 32.1 Å². The Morgan fingerprint density at radius 1 is 1.22 bits per heavy atom. The highest BCUT2D eigenvalue weighted by Gasteiger charge is 2.69. The van der Waals surface area contributed by atoms with E-state index in [1.807, 2.05) is 0 Å². The molecule has 0 aliphatic carbocycles. The van der Waals surface area contributed by atoms with Gasteiger partial charge < -0.3 is 29.2 Å². The fourth-order valence-corrected chi connectivity index (χ4v) is 5.38. The predicted octanol–water partition coefficient (Wildman–Crippen LogP) is 2.38. The van der Waals surface area contributed by atoms with Gasteiger partial charge in [-0.1, -0.05) is 11.7 Å². The lowest BCUT2D eigenvalue weighted by atomic mass is 10.0. The highest BCUT2D eigenvalue weighted by Crippen LogP contribution is 2.48. The molecular formula is C22H34F2N7O9P. The minimum absolute atomic E-state index is 0.0890. The lowest BCUT2D eigenvalue weighted by Gasteiger charge is -2.32. The second-order valence-electron chi connectivity index (χ2n) is 9.76. The van der Waals surface area contributed by atoms with E-state index in [1.54, 1.807) is 27.7 Å². The Balaban J connectivity index is 2.41. The largest absolute Gasteiger partial charge is 0.462 e. The molecule has 1 fully saturated rings. The van der Waals surface area contributed by atoms with Crippen LogP contribution in [0, 0.1) is 0 Å². The van der Waals surface area contributed by atoms with E-state index in [4.69, 9.17) is 24.3 Å². The molecule has 4 N–H and O–H groups in total. The maximum Gasteiger partial charge on any atom is 0.342 e. The number of aliphatic hydroxyl groups is 1. The van der Waals surface area contributed by atoms with Crippen LogP contribution >= 0.6 is 7.67 Å². The van der Waals surface area contributed by atoms with Crippen molar-refractivity contribution in [1.82, 2.24) is 20.4 Å². The van der Waals surface area contributed by atoms with Crippen molar-refractivity contribution in [3.63, 3.8) is 0 Å². The Hall–Kier alpha value is -3.11. The van der Waals surface area contributed by atoms with E-state index in [0.717, 1.165) is 6.20 Å². The number of aliphatic hydroxyl groups excluding tert-OH is 1. The molecule has 2 aliphatic heterocycles. The first-order chi connectivity index (χ1) is 18.9. The van der Waals surface area contributed by atoms with Crippen molar-refractivity contribution in [1.29, 1.82) is 0 Å². The predicted molar refractivity (Wildman–Crippen MR) is 138 cm³/mol. The maximum atomic E-state index is 15.3. The van der Waals surface area contributed by atoms with Crippen LogP contribution in [-0.2, 0) is 32.9 Å². The Morgan fingerprint density at radius 3 is 2.17 bits per heavy atom. The number of halogens is 2. The second-order valence-corrected chi connectivity index (χ2v) is 11.6. The van der Waals surface area contributed by atoms with Gasteiger partial charge in [0.1, 0.15) is 12.1 Å². The summed E-state index contributed by atoms with van der Waals surface area (Å²) in [4.78, 5) is 39.9. The van der Waals surface area contributed by atoms with Gasteiger partial charge in [0.05, 0.1) is 18.8 Å². The van der Waals surface area contributed by atoms with Crippen molar-refractivity contribution in [2.45, 2.75) is 89.8 Å². The van der Waals surface area contributed by atoms with Crippen molar-refractivity contribution >= 4 is 25.6 Å². The van der Waals surface area contributed by atoms with Gasteiger partial charge in [0.2, 0.25) is 12.0 Å². The smallest absolute Gasteiger partial charge is 0.342 e. The minimum Gasteiger partial charge on any atom is -0.462 e. The number of hydrogen-bond acceptors (Lipinski definition) is 10. The highest BCUT2D eigenvalue weighted by molar-refractivity contribution is 7.54. The summed E-state index contributed by atoms with van der Waals surface area (Å²) in [6.07, 6.45) is -4.43. The third kappa shape index (κ3) is 8.23. The minimum atomic E-state index is -4.62. The third-order valence-electron chi connectivity index (χ3n) is 5.43. The fourth-order valence-electron chi connectivity index (χ4n) is 3.56. The van der Waals surface area contributed by atoms with Gasteiger partial charge in [-0.15, -0.1) is 0 Å². The molecule has 2 aliphatic rings. The average molecular weight is 610 g/mol. The summed E-state index contributed by atoms with van der Waals surface area (Å²) in [5, 5.41) is 20.6. The topological polar surface area (TPSA) is 214 Å². The summed E-state index contributed by atoms with van der Waals surface area (Å²) in [5.74, 6) is -5.99. The first-order valence-corrected chi connectivity index (χ1v) is 14.0. The molecule has 2 amide bonds. The van der Waals surface area contributed by atoms with E-state index >= 15 is 8.78 Å². The van der Waals surface area contributed by atoms with Crippen LogP contribution in [0.3, 0.4) is 0 Å². The molecule has 19 heteroatoms. The average Bonchev–Trinajstić information content (AvgIpc) is 3.03. The van der Waals surface area contributed by atoms with Crippen molar-refractivity contribution in [3.05, 3.63) is 35.0 Å². The molecule has 0 aromatic carbocycles. The number of ether oxygens (including phenoxy) is 3. The number of allylic oxidation sites excluding steroid dienone is 1. The number of carbonyl (C=O) groups is 3. The number of carbonyl (C=O) groups excluding carboxylic acids is 3. The number of nitrogens with zero attached hydrogens (tertiary/aromatic N) is 4. The SMILES string of the molecule is C=C1C=CN([C@@H]2O[C@@](COP(=O)(NC(C)C(=O)OC(C)C)NC(C)C(=O)OC(C)C)(N=[N+]=[N-])[C@@H](O)C2(F)F)C(=O)N1. The molecule has 41 heavy (non-hydrogen) atoms. The van der Waals surface area contributed by atoms with Crippen molar-refractivity contribution in [3.8, 4) is 0 Å². The zero-order chi connectivity index (χ0) is 31.3. The summed E-state index contributed by atoms with van der Waals surface area (Å²) >= 11 is 0. The molecule has 5 atom stereocenters. The summed E-state index contributed by atoms with van der Waals surface area (Å²) in [6, 6.07) is -3.76. The van der Waals surface area contributed by atoms with Crippen LogP contribution in [0.15, 0.2) is 29.7 Å². The molecular weight excluding hydrogens is 575 g/mol. The van der Waals surface area contributed by atoms with Gasteiger partial charge in [0, 0.05) is 16.8 Å². The molecule has 0 aromatic heterocycles. The monoisotopic (exact) mass is 609 g/mol. The number of amides is 2. The molecule has 1 saturated heterocycles. The molecule has 2 heterocycles. The van der Waals surface area contributed by atoms with E-state index in [0.29, 0.717) is 4.90 Å². The Bertz CT molecular complexity index is 1130. The summed E-state index contributed by atoms with van der Waals surface area (Å²) in [7, 11) is -4.62. The maximum absolute atomic E-state index is 15.3. The number of esters is 2. The van der Waals surface area contributed by atoms with Gasteiger partial charge in [-0.05, 0) is 53.1 Å². The molecule has 0 spiro atoms. The second kappa shape index (κ2) is 13.2. The summed E-state index contributed by atoms with van der Waals surface area (Å²) < 4.78 is 65.1. The van der Waals surface area contributed by atoms with Crippen LogP contribution in [0.1, 0.15) is 41.5 Å². The number of rotatable bonds is 13. The number of urea groups is 1. The van der Waals surface area contributed by atoms with Gasteiger partial charge >= 0.3 is 31.6 Å². The van der Waals surface area contributed by atoms with Gasteiger partial charge in [-0.25, -0.2) is 15.0 Å². The van der Waals surface area contributed by atoms with E-state index < -0.39 is 80.5 Å². The van der Waals surface area contributed by atoms with Crippen LogP contribution in [0.5, 0.6) is 0 Å². The van der Waals surface area contributed by atoms with Crippen LogP contribution in [-0.4, -0.2) is 82.9 Å². The fraction of sp³-hybridized carbons (Fsp3) is 0.682. The number of nitrogens with one attached hydrogen (secondary N) is 3. The molecule has 0 aromatic rings. The van der Waals surface area contributed by atoms with Crippen molar-refractivity contribution < 1.29 is 51.6 Å². The molecule has 2 rings (SSSR count). The van der Waals surface area contributed by atoms with Crippen LogP contribution < -0.4 is 15.5 Å². The van der Waals surface area contributed by atoms with E-state index in [9.17, 15) is 24.1 Å². The Morgan fingerprint density at radius 2 is 1.73 bits per heavy atom. The zero-order valence-corrected chi connectivity index (χ0v) is 24.1. The molecule has 0 saturated carbocycles. The number of alkyl halides is 2. The Labute approximate surface area is 234 Å². The van der Waals surface area contributed by atoms with Gasteiger partial charge in [-0.2, -0.15) is 8.78 Å². The molecule has 16 nitrogen and oxygen atoms in total. The lowest BCUT2D eigenvalue weighted by molar-refractivity contribution is -0.149. The number of azide groups is 1. The Kier molecular flexibility index (Phi) is 11.0. The van der Waals surface area contributed by atoms with Gasteiger partial charge in [0.25, 0.3) is 0 Å². The molecule has 0 radical (unpaired) electrons. The molecule has 0 bridgehead atoms. The summed E-state index contributed by atoms with van der Waals surface area (Å²) in [5.41, 5.74) is 6.27. The van der Waals surface area contributed by atoms with E-state index in [1.165, 1.54) is 19.9 Å². The zero-order valence-electron chi connectivity index (χ0n) is 23.2. The molecule has 230 valence electrons. The van der Waals surface area contributed by atoms with Crippen molar-refractivity contribution in [2.24, 2.45) is 5.11 Å². The van der Waals surface area contributed by atoms with Crippen LogP contribution in [0.4, 0.5) is 13.6 Å². The first-order valence-electron chi connectivity index (χ1n) is 12.3. The number of hydrogen-bond donors (Lipinski definition) is 4. The normalized spacial score (nSPS) is 26.7.